The fourth-order valence-electron chi connectivity index (χ4n) is 2.23. The highest BCUT2D eigenvalue weighted by atomic mass is 35.5. The zero-order chi connectivity index (χ0) is 14.9. The molecular weight excluding hydrogens is 307 g/mol. The average Bonchev–Trinajstić information content (AvgIpc) is 2.36. The van der Waals surface area contributed by atoms with Crippen LogP contribution < -0.4 is 10.5 Å². The van der Waals surface area contributed by atoms with E-state index in [1.54, 1.807) is 0 Å². The highest BCUT2D eigenvalue weighted by molar-refractivity contribution is 7.89. The number of hydrogen-bond donors (Lipinski definition) is 3. The van der Waals surface area contributed by atoms with E-state index < -0.39 is 15.8 Å². The Labute approximate surface area is 122 Å². The first kappa shape index (κ1) is 15.5. The molecule has 0 aromatic heterocycles. The van der Waals surface area contributed by atoms with Gasteiger partial charge < -0.3 is 10.8 Å². The molecule has 0 unspecified atom stereocenters. The minimum absolute atomic E-state index is 0.208. The quantitative estimate of drug-likeness (QED) is 0.738. The van der Waals surface area contributed by atoms with Crippen molar-refractivity contribution in [3.63, 3.8) is 0 Å². The molecule has 112 valence electrons. The number of nitrogens with one attached hydrogen (secondary N) is 1. The zero-order valence-electron chi connectivity index (χ0n) is 10.6. The van der Waals surface area contributed by atoms with Gasteiger partial charge in [0.2, 0.25) is 10.0 Å². The van der Waals surface area contributed by atoms with Crippen molar-refractivity contribution in [3.05, 3.63) is 23.0 Å². The molecule has 4 N–H and O–H groups in total. The van der Waals surface area contributed by atoms with Crippen molar-refractivity contribution >= 4 is 27.3 Å². The topological polar surface area (TPSA) is 92.4 Å². The molecule has 0 spiro atoms. The van der Waals surface area contributed by atoms with Crippen LogP contribution in [-0.4, -0.2) is 25.7 Å². The van der Waals surface area contributed by atoms with Crippen molar-refractivity contribution < 1.29 is 17.9 Å². The molecule has 1 aromatic carbocycles. The molecule has 1 saturated carbocycles. The van der Waals surface area contributed by atoms with Crippen molar-refractivity contribution in [2.75, 3.05) is 5.73 Å². The predicted molar refractivity (Wildman–Crippen MR) is 74.4 cm³/mol. The van der Waals surface area contributed by atoms with E-state index in [1.807, 2.05) is 0 Å². The molecule has 0 aliphatic heterocycles. The molecule has 0 amide bonds. The second-order valence-electron chi connectivity index (χ2n) is 4.93. The number of aliphatic hydroxyl groups is 1. The lowest BCUT2D eigenvalue weighted by Gasteiger charge is -2.26. The molecule has 1 aliphatic carbocycles. The van der Waals surface area contributed by atoms with Gasteiger partial charge in [-0.15, -0.1) is 0 Å². The predicted octanol–water partition coefficient (Wildman–Crippen LogP) is 1.64. The monoisotopic (exact) mass is 322 g/mol. The Morgan fingerprint density at radius 1 is 1.30 bits per heavy atom. The number of benzene rings is 1. The van der Waals surface area contributed by atoms with Crippen LogP contribution in [0.25, 0.3) is 0 Å². The van der Waals surface area contributed by atoms with E-state index in [9.17, 15) is 17.9 Å². The van der Waals surface area contributed by atoms with E-state index in [2.05, 4.69) is 4.72 Å². The number of sulfonamides is 1. The molecular formula is C12H16ClFN2O3S. The van der Waals surface area contributed by atoms with E-state index >= 15 is 0 Å². The fourth-order valence-corrected chi connectivity index (χ4v) is 4.08. The smallest absolute Gasteiger partial charge is 0.242 e. The van der Waals surface area contributed by atoms with Crippen LogP contribution in [0, 0.1) is 5.82 Å². The molecule has 1 aromatic rings. The number of anilines is 1. The summed E-state index contributed by atoms with van der Waals surface area (Å²) in [5.74, 6) is -0.755. The van der Waals surface area contributed by atoms with Crippen LogP contribution in [0.15, 0.2) is 17.0 Å². The maximum atomic E-state index is 13.2. The Morgan fingerprint density at radius 3 is 2.50 bits per heavy atom. The molecule has 20 heavy (non-hydrogen) atoms. The summed E-state index contributed by atoms with van der Waals surface area (Å²) in [6.07, 6.45) is 1.82. The summed E-state index contributed by atoms with van der Waals surface area (Å²) >= 11 is 5.77. The van der Waals surface area contributed by atoms with Gasteiger partial charge >= 0.3 is 0 Å². The van der Waals surface area contributed by atoms with Gasteiger partial charge in [0.25, 0.3) is 0 Å². The molecule has 0 atom stereocenters. The summed E-state index contributed by atoms with van der Waals surface area (Å²) in [6.45, 7) is 0. The summed E-state index contributed by atoms with van der Waals surface area (Å²) in [5.41, 5.74) is 5.11. The number of hydrogen-bond acceptors (Lipinski definition) is 4. The van der Waals surface area contributed by atoms with E-state index in [1.165, 1.54) is 0 Å². The van der Waals surface area contributed by atoms with Gasteiger partial charge in [0.05, 0.1) is 16.8 Å². The van der Waals surface area contributed by atoms with Crippen LogP contribution in [-0.2, 0) is 10.0 Å². The van der Waals surface area contributed by atoms with Gasteiger partial charge in [0.1, 0.15) is 10.7 Å². The van der Waals surface area contributed by atoms with Crippen LogP contribution in [0.5, 0.6) is 0 Å². The lowest BCUT2D eigenvalue weighted by molar-refractivity contribution is 0.120. The highest BCUT2D eigenvalue weighted by Crippen LogP contribution is 2.27. The van der Waals surface area contributed by atoms with Gasteiger partial charge in [-0.1, -0.05) is 11.6 Å². The van der Waals surface area contributed by atoms with Crippen LogP contribution >= 0.6 is 11.6 Å². The Balaban J connectivity index is 2.20. The maximum Gasteiger partial charge on any atom is 0.242 e. The second kappa shape index (κ2) is 5.85. The number of nitrogen functional groups attached to an aromatic ring is 1. The molecule has 1 aliphatic rings. The van der Waals surface area contributed by atoms with Gasteiger partial charge in [-0.05, 0) is 37.8 Å². The lowest BCUT2D eigenvalue weighted by atomic mass is 9.94. The van der Waals surface area contributed by atoms with E-state index in [4.69, 9.17) is 17.3 Å². The van der Waals surface area contributed by atoms with Crippen molar-refractivity contribution in [1.29, 1.82) is 0 Å². The van der Waals surface area contributed by atoms with Gasteiger partial charge in [-0.2, -0.15) is 0 Å². The Hall–Kier alpha value is -0.890. The van der Waals surface area contributed by atoms with Gasteiger partial charge in [-0.3, -0.25) is 0 Å². The van der Waals surface area contributed by atoms with Gasteiger partial charge in [-0.25, -0.2) is 17.5 Å². The van der Waals surface area contributed by atoms with E-state index in [0.717, 1.165) is 12.1 Å². The minimum atomic E-state index is -3.86. The largest absolute Gasteiger partial charge is 0.396 e. The first-order valence-corrected chi connectivity index (χ1v) is 8.10. The second-order valence-corrected chi connectivity index (χ2v) is 7.02. The lowest BCUT2D eigenvalue weighted by Crippen LogP contribution is -2.38. The normalized spacial score (nSPS) is 23.8. The third-order valence-corrected chi connectivity index (χ3v) is 5.34. The van der Waals surface area contributed by atoms with Crippen LogP contribution in [0.3, 0.4) is 0 Å². The number of nitrogens with two attached hydrogens (primary N) is 1. The van der Waals surface area contributed by atoms with Crippen molar-refractivity contribution in [2.45, 2.75) is 42.7 Å². The van der Waals surface area contributed by atoms with Crippen molar-refractivity contribution in [2.24, 2.45) is 0 Å². The molecule has 8 heteroatoms. The maximum absolute atomic E-state index is 13.2. The zero-order valence-corrected chi connectivity index (χ0v) is 12.2. The highest BCUT2D eigenvalue weighted by Gasteiger charge is 2.26. The number of rotatable bonds is 3. The molecule has 5 nitrogen and oxygen atoms in total. The van der Waals surface area contributed by atoms with Crippen molar-refractivity contribution in [1.82, 2.24) is 4.72 Å². The third-order valence-electron chi connectivity index (χ3n) is 3.36. The van der Waals surface area contributed by atoms with Crippen LogP contribution in [0.4, 0.5) is 10.1 Å². The van der Waals surface area contributed by atoms with Crippen LogP contribution in [0.2, 0.25) is 5.02 Å². The van der Waals surface area contributed by atoms with Gasteiger partial charge in [0.15, 0.2) is 0 Å². The number of halogens is 2. The molecule has 0 bridgehead atoms. The van der Waals surface area contributed by atoms with Gasteiger partial charge in [0, 0.05) is 6.04 Å². The molecule has 0 heterocycles. The first-order chi connectivity index (χ1) is 9.29. The molecule has 0 saturated heterocycles. The molecule has 1 fully saturated rings. The fraction of sp³-hybridized carbons (Fsp3) is 0.500. The number of aliphatic hydroxyl groups excluding tert-OH is 1. The first-order valence-electron chi connectivity index (χ1n) is 6.24. The van der Waals surface area contributed by atoms with E-state index in [0.29, 0.717) is 25.7 Å². The Bertz CT molecular complexity index is 601. The summed E-state index contributed by atoms with van der Waals surface area (Å²) in [6, 6.07) is 1.64. The summed E-state index contributed by atoms with van der Waals surface area (Å²) in [5, 5.41) is 9.19. The standard InChI is InChI=1S/C12H16ClFN2O3S/c13-9-5-10(14)11(15)6-12(9)20(18,19)16-7-1-3-8(17)4-2-7/h5-8,16-17H,1-4,15H2. The molecule has 0 radical (unpaired) electrons. The SMILES string of the molecule is Nc1cc(S(=O)(=O)NC2CCC(O)CC2)c(Cl)cc1F. The Kier molecular flexibility index (Phi) is 4.53. The third kappa shape index (κ3) is 3.41. The average molecular weight is 323 g/mol. The minimum Gasteiger partial charge on any atom is -0.396 e. The summed E-state index contributed by atoms with van der Waals surface area (Å²) < 4.78 is 40.2. The van der Waals surface area contributed by atoms with Crippen molar-refractivity contribution in [3.8, 4) is 0 Å². The molecule has 2 rings (SSSR count). The Morgan fingerprint density at radius 2 is 1.90 bits per heavy atom. The van der Waals surface area contributed by atoms with E-state index in [-0.39, 0.29) is 27.8 Å². The summed E-state index contributed by atoms with van der Waals surface area (Å²) in [7, 11) is -3.86. The van der Waals surface area contributed by atoms with Crippen LogP contribution in [0.1, 0.15) is 25.7 Å². The summed E-state index contributed by atoms with van der Waals surface area (Å²) in [4.78, 5) is -0.232.